The van der Waals surface area contributed by atoms with Crippen molar-refractivity contribution in [3.63, 3.8) is 0 Å². The third-order valence-corrected chi connectivity index (χ3v) is 2.79. The lowest BCUT2D eigenvalue weighted by molar-refractivity contribution is 0.317. The zero-order valence-electron chi connectivity index (χ0n) is 12.1. The summed E-state index contributed by atoms with van der Waals surface area (Å²) in [5.41, 5.74) is 1.21. The number of nitrogens with one attached hydrogen (secondary N) is 1. The molecule has 0 saturated heterocycles. The van der Waals surface area contributed by atoms with Gasteiger partial charge in [-0.1, -0.05) is 24.2 Å². The molecule has 0 atom stereocenters. The number of rotatable bonds is 8. The maximum atomic E-state index is 5.61. The fourth-order valence-corrected chi connectivity index (χ4v) is 1.83. The molecule has 0 unspecified atom stereocenters. The van der Waals surface area contributed by atoms with E-state index < -0.39 is 0 Å². The summed E-state index contributed by atoms with van der Waals surface area (Å²) >= 11 is 0. The second-order valence-corrected chi connectivity index (χ2v) is 4.66. The van der Waals surface area contributed by atoms with Crippen LogP contribution in [0.5, 0.6) is 5.75 Å². The van der Waals surface area contributed by atoms with Crippen LogP contribution in [0.1, 0.15) is 30.6 Å². The van der Waals surface area contributed by atoms with Crippen LogP contribution in [-0.2, 0) is 13.0 Å². The van der Waals surface area contributed by atoms with Gasteiger partial charge in [0.15, 0.2) is 5.82 Å². The van der Waals surface area contributed by atoms with Gasteiger partial charge in [-0.2, -0.15) is 4.98 Å². The summed E-state index contributed by atoms with van der Waals surface area (Å²) < 4.78 is 10.7. The maximum absolute atomic E-state index is 5.61. The normalized spacial score (nSPS) is 10.7. The Labute approximate surface area is 119 Å². The predicted molar refractivity (Wildman–Crippen MR) is 76.7 cm³/mol. The third kappa shape index (κ3) is 4.66. The van der Waals surface area contributed by atoms with E-state index >= 15 is 0 Å². The van der Waals surface area contributed by atoms with Gasteiger partial charge < -0.3 is 14.6 Å². The molecule has 108 valence electrons. The number of hydrogen-bond donors (Lipinski definition) is 1. The fourth-order valence-electron chi connectivity index (χ4n) is 1.83. The van der Waals surface area contributed by atoms with E-state index in [1.807, 2.05) is 19.1 Å². The highest BCUT2D eigenvalue weighted by molar-refractivity contribution is 5.28. The van der Waals surface area contributed by atoms with Crippen molar-refractivity contribution in [2.24, 2.45) is 0 Å². The van der Waals surface area contributed by atoms with Crippen LogP contribution in [0.25, 0.3) is 0 Å². The Bertz CT molecular complexity index is 525. The second kappa shape index (κ2) is 7.65. The van der Waals surface area contributed by atoms with Crippen LogP contribution in [0.2, 0.25) is 0 Å². The number of aryl methyl sites for hydroxylation is 1. The average molecular weight is 275 g/mol. The first-order valence-corrected chi connectivity index (χ1v) is 6.99. The molecular weight excluding hydrogens is 254 g/mol. The molecule has 1 N–H and O–H groups in total. The molecule has 2 aromatic rings. The first kappa shape index (κ1) is 14.5. The summed E-state index contributed by atoms with van der Waals surface area (Å²) in [4.78, 5) is 4.17. The summed E-state index contributed by atoms with van der Waals surface area (Å²) in [6.07, 6.45) is 1.76. The highest BCUT2D eigenvalue weighted by Gasteiger charge is 2.02. The molecule has 0 aliphatic rings. The number of benzene rings is 1. The van der Waals surface area contributed by atoms with E-state index in [1.54, 1.807) is 0 Å². The molecule has 0 saturated carbocycles. The van der Waals surface area contributed by atoms with Crippen molar-refractivity contribution in [1.82, 2.24) is 15.5 Å². The van der Waals surface area contributed by atoms with Crippen LogP contribution in [0.15, 0.2) is 28.8 Å². The van der Waals surface area contributed by atoms with Gasteiger partial charge in [-0.05, 0) is 31.0 Å². The van der Waals surface area contributed by atoms with E-state index in [9.17, 15) is 0 Å². The highest BCUT2D eigenvalue weighted by atomic mass is 16.5. The summed E-state index contributed by atoms with van der Waals surface area (Å²) in [6, 6.07) is 8.16. The van der Waals surface area contributed by atoms with Crippen LogP contribution in [0.4, 0.5) is 0 Å². The van der Waals surface area contributed by atoms with Crippen molar-refractivity contribution in [3.8, 4) is 5.75 Å². The summed E-state index contributed by atoms with van der Waals surface area (Å²) in [7, 11) is 0. The number of hydrogen-bond acceptors (Lipinski definition) is 5. The van der Waals surface area contributed by atoms with E-state index in [-0.39, 0.29) is 0 Å². The topological polar surface area (TPSA) is 60.2 Å². The van der Waals surface area contributed by atoms with Gasteiger partial charge in [-0.25, -0.2) is 0 Å². The van der Waals surface area contributed by atoms with Gasteiger partial charge >= 0.3 is 0 Å². The van der Waals surface area contributed by atoms with Crippen LogP contribution < -0.4 is 10.1 Å². The zero-order valence-corrected chi connectivity index (χ0v) is 12.1. The third-order valence-electron chi connectivity index (χ3n) is 2.79. The van der Waals surface area contributed by atoms with Gasteiger partial charge in [0.1, 0.15) is 5.75 Å². The molecule has 20 heavy (non-hydrogen) atoms. The van der Waals surface area contributed by atoms with Crippen molar-refractivity contribution in [3.05, 3.63) is 41.5 Å². The van der Waals surface area contributed by atoms with Crippen molar-refractivity contribution >= 4 is 0 Å². The van der Waals surface area contributed by atoms with Crippen molar-refractivity contribution in [2.75, 3.05) is 13.2 Å². The number of ether oxygens (including phenoxy) is 1. The SMILES string of the molecule is CCCOc1cccc(CNCCc2nc(C)no2)c1. The van der Waals surface area contributed by atoms with Crippen LogP contribution in [-0.4, -0.2) is 23.3 Å². The maximum Gasteiger partial charge on any atom is 0.227 e. The molecule has 0 fully saturated rings. The molecule has 1 aromatic heterocycles. The summed E-state index contributed by atoms with van der Waals surface area (Å²) in [5, 5.41) is 7.12. The molecule has 2 rings (SSSR count). The lowest BCUT2D eigenvalue weighted by Crippen LogP contribution is -2.16. The molecule has 5 nitrogen and oxygen atoms in total. The smallest absolute Gasteiger partial charge is 0.227 e. The monoisotopic (exact) mass is 275 g/mol. The number of aromatic nitrogens is 2. The van der Waals surface area contributed by atoms with Gasteiger partial charge in [0.2, 0.25) is 5.89 Å². The molecule has 0 spiro atoms. The first-order chi connectivity index (χ1) is 9.78. The standard InChI is InChI=1S/C15H21N3O2/c1-3-9-19-14-6-4-5-13(10-14)11-16-8-7-15-17-12(2)18-20-15/h4-6,10,16H,3,7-9,11H2,1-2H3. The van der Waals surface area contributed by atoms with Gasteiger partial charge in [-0.3, -0.25) is 0 Å². The Hall–Kier alpha value is -1.88. The molecule has 0 aliphatic heterocycles. The van der Waals surface area contributed by atoms with Gasteiger partial charge in [0.05, 0.1) is 6.61 Å². The van der Waals surface area contributed by atoms with E-state index in [0.717, 1.165) is 38.3 Å². The Kier molecular flexibility index (Phi) is 5.55. The zero-order chi connectivity index (χ0) is 14.2. The average Bonchev–Trinajstić information content (AvgIpc) is 2.87. The molecule has 0 amide bonds. The minimum Gasteiger partial charge on any atom is -0.494 e. The molecule has 0 aliphatic carbocycles. The largest absolute Gasteiger partial charge is 0.494 e. The van der Waals surface area contributed by atoms with E-state index in [0.29, 0.717) is 11.7 Å². The molecule has 0 radical (unpaired) electrons. The lowest BCUT2D eigenvalue weighted by atomic mass is 10.2. The van der Waals surface area contributed by atoms with Crippen molar-refractivity contribution < 1.29 is 9.26 Å². The van der Waals surface area contributed by atoms with Gasteiger partial charge in [0, 0.05) is 19.5 Å². The Morgan fingerprint density at radius 3 is 3.00 bits per heavy atom. The lowest BCUT2D eigenvalue weighted by Gasteiger charge is -2.07. The fraction of sp³-hybridized carbons (Fsp3) is 0.467. The van der Waals surface area contributed by atoms with E-state index in [2.05, 4.69) is 34.5 Å². The predicted octanol–water partition coefficient (Wildman–Crippen LogP) is 2.50. The molecule has 1 heterocycles. The second-order valence-electron chi connectivity index (χ2n) is 4.66. The molecule has 5 heteroatoms. The van der Waals surface area contributed by atoms with Gasteiger partial charge in [-0.15, -0.1) is 0 Å². The van der Waals surface area contributed by atoms with Gasteiger partial charge in [0.25, 0.3) is 0 Å². The van der Waals surface area contributed by atoms with Crippen molar-refractivity contribution in [1.29, 1.82) is 0 Å². The Morgan fingerprint density at radius 2 is 2.25 bits per heavy atom. The van der Waals surface area contributed by atoms with E-state index in [1.165, 1.54) is 5.56 Å². The van der Waals surface area contributed by atoms with Crippen LogP contribution >= 0.6 is 0 Å². The highest BCUT2D eigenvalue weighted by Crippen LogP contribution is 2.13. The minimum atomic E-state index is 0.676. The Morgan fingerprint density at radius 1 is 1.35 bits per heavy atom. The summed E-state index contributed by atoms with van der Waals surface area (Å²) in [5.74, 6) is 2.29. The van der Waals surface area contributed by atoms with E-state index in [4.69, 9.17) is 9.26 Å². The molecular formula is C15H21N3O2. The number of nitrogens with zero attached hydrogens (tertiary/aromatic N) is 2. The van der Waals surface area contributed by atoms with Crippen LogP contribution in [0, 0.1) is 6.92 Å². The molecule has 0 bridgehead atoms. The minimum absolute atomic E-state index is 0.676. The first-order valence-electron chi connectivity index (χ1n) is 6.99. The summed E-state index contributed by atoms with van der Waals surface area (Å²) in [6.45, 7) is 6.29. The van der Waals surface area contributed by atoms with Crippen LogP contribution in [0.3, 0.4) is 0 Å². The molecule has 1 aromatic carbocycles. The quantitative estimate of drug-likeness (QED) is 0.750. The Balaban J connectivity index is 1.73. The van der Waals surface area contributed by atoms with Crippen molar-refractivity contribution in [2.45, 2.75) is 33.2 Å².